The first-order valence-electron chi connectivity index (χ1n) is 5.78. The van der Waals surface area contributed by atoms with Crippen LogP contribution in [0, 0.1) is 0 Å². The molecule has 2 heterocycles. The van der Waals surface area contributed by atoms with Crippen molar-refractivity contribution in [3.8, 4) is 0 Å². The van der Waals surface area contributed by atoms with Crippen LogP contribution in [0.5, 0.6) is 0 Å². The van der Waals surface area contributed by atoms with E-state index in [1.54, 1.807) is 6.20 Å². The lowest BCUT2D eigenvalue weighted by Crippen LogP contribution is -2.37. The normalized spacial score (nSPS) is 17.7. The lowest BCUT2D eigenvalue weighted by molar-refractivity contribution is -0.129. The number of aromatic amines is 1. The molecular weight excluding hydrogens is 204 g/mol. The van der Waals surface area contributed by atoms with Crippen LogP contribution >= 0.6 is 0 Å². The van der Waals surface area contributed by atoms with Crippen LogP contribution in [-0.2, 0) is 4.79 Å². The van der Waals surface area contributed by atoms with Crippen LogP contribution in [0.1, 0.15) is 31.5 Å². The Morgan fingerprint density at radius 1 is 1.62 bits per heavy atom. The number of carbonyl (C=O) groups excluding carboxylic acids is 1. The molecule has 5 nitrogen and oxygen atoms in total. The highest BCUT2D eigenvalue weighted by molar-refractivity contribution is 5.78. The summed E-state index contributed by atoms with van der Waals surface area (Å²) in [4.78, 5) is 13.7. The number of amides is 1. The lowest BCUT2D eigenvalue weighted by Gasteiger charge is -2.17. The maximum absolute atomic E-state index is 11.8. The van der Waals surface area contributed by atoms with E-state index in [1.807, 2.05) is 17.9 Å². The number of hydrogen-bond acceptors (Lipinski definition) is 3. The van der Waals surface area contributed by atoms with Crippen LogP contribution < -0.4 is 5.32 Å². The second-order valence-corrected chi connectivity index (χ2v) is 4.20. The standard InChI is InChI=1S/C11H18N4O/c1-9(10-4-5-13-14-10)12-8-11(16)15-6-2-3-7-15/h4-5,9,12H,2-3,6-8H2,1H3,(H,13,14). The molecule has 0 aromatic carbocycles. The molecule has 16 heavy (non-hydrogen) atoms. The van der Waals surface area contributed by atoms with E-state index in [2.05, 4.69) is 15.5 Å². The van der Waals surface area contributed by atoms with Gasteiger partial charge in [0.05, 0.1) is 12.2 Å². The van der Waals surface area contributed by atoms with Crippen molar-refractivity contribution in [2.24, 2.45) is 0 Å². The van der Waals surface area contributed by atoms with Gasteiger partial charge in [0.15, 0.2) is 0 Å². The van der Waals surface area contributed by atoms with Crippen molar-refractivity contribution in [1.82, 2.24) is 20.4 Å². The minimum atomic E-state index is 0.133. The quantitative estimate of drug-likeness (QED) is 0.787. The zero-order chi connectivity index (χ0) is 11.4. The summed E-state index contributed by atoms with van der Waals surface area (Å²) in [5.74, 6) is 0.198. The van der Waals surface area contributed by atoms with Gasteiger partial charge >= 0.3 is 0 Å². The first-order valence-corrected chi connectivity index (χ1v) is 5.78. The fourth-order valence-corrected chi connectivity index (χ4v) is 1.94. The van der Waals surface area contributed by atoms with Gasteiger partial charge in [0.1, 0.15) is 0 Å². The van der Waals surface area contributed by atoms with Crippen molar-refractivity contribution < 1.29 is 4.79 Å². The van der Waals surface area contributed by atoms with Crippen LogP contribution in [0.15, 0.2) is 12.3 Å². The molecule has 2 N–H and O–H groups in total. The highest BCUT2D eigenvalue weighted by atomic mass is 16.2. The van der Waals surface area contributed by atoms with Gasteiger partial charge in [-0.3, -0.25) is 9.89 Å². The monoisotopic (exact) mass is 222 g/mol. The third-order valence-corrected chi connectivity index (χ3v) is 3.01. The Labute approximate surface area is 95.2 Å². The average Bonchev–Trinajstić information content (AvgIpc) is 2.95. The second-order valence-electron chi connectivity index (χ2n) is 4.20. The Balaban J connectivity index is 1.76. The van der Waals surface area contributed by atoms with Gasteiger partial charge in [0, 0.05) is 25.3 Å². The van der Waals surface area contributed by atoms with Crippen molar-refractivity contribution in [3.05, 3.63) is 18.0 Å². The molecule has 0 radical (unpaired) electrons. The van der Waals surface area contributed by atoms with Crippen molar-refractivity contribution in [3.63, 3.8) is 0 Å². The fourth-order valence-electron chi connectivity index (χ4n) is 1.94. The molecule has 1 aromatic heterocycles. The number of carbonyl (C=O) groups is 1. The Morgan fingerprint density at radius 2 is 2.38 bits per heavy atom. The lowest BCUT2D eigenvalue weighted by atomic mass is 10.2. The van der Waals surface area contributed by atoms with Crippen LogP contribution in [0.2, 0.25) is 0 Å². The van der Waals surface area contributed by atoms with Gasteiger partial charge in [0.25, 0.3) is 0 Å². The Kier molecular flexibility index (Phi) is 3.56. The number of aromatic nitrogens is 2. The van der Waals surface area contributed by atoms with Crippen LogP contribution in [0.25, 0.3) is 0 Å². The average molecular weight is 222 g/mol. The van der Waals surface area contributed by atoms with E-state index in [9.17, 15) is 4.79 Å². The fraction of sp³-hybridized carbons (Fsp3) is 0.636. The van der Waals surface area contributed by atoms with E-state index in [1.165, 1.54) is 0 Å². The number of rotatable bonds is 4. The summed E-state index contributed by atoms with van der Waals surface area (Å²) in [5, 5.41) is 9.98. The van der Waals surface area contributed by atoms with Gasteiger partial charge < -0.3 is 10.2 Å². The summed E-state index contributed by atoms with van der Waals surface area (Å²) in [6, 6.07) is 2.05. The molecule has 1 amide bonds. The summed E-state index contributed by atoms with van der Waals surface area (Å²) in [6.45, 7) is 4.25. The van der Waals surface area contributed by atoms with Crippen molar-refractivity contribution in [1.29, 1.82) is 0 Å². The van der Waals surface area contributed by atoms with Crippen molar-refractivity contribution in [2.45, 2.75) is 25.8 Å². The summed E-state index contributed by atoms with van der Waals surface area (Å²) < 4.78 is 0. The molecule has 0 bridgehead atoms. The van der Waals surface area contributed by atoms with Gasteiger partial charge in [0.2, 0.25) is 5.91 Å². The van der Waals surface area contributed by atoms with Crippen molar-refractivity contribution >= 4 is 5.91 Å². The van der Waals surface area contributed by atoms with E-state index in [0.717, 1.165) is 31.6 Å². The maximum Gasteiger partial charge on any atom is 0.236 e. The molecule has 1 fully saturated rings. The van der Waals surface area contributed by atoms with Crippen LogP contribution in [0.4, 0.5) is 0 Å². The predicted molar refractivity (Wildman–Crippen MR) is 60.8 cm³/mol. The van der Waals surface area contributed by atoms with Gasteiger partial charge in [-0.05, 0) is 25.8 Å². The highest BCUT2D eigenvalue weighted by Crippen LogP contribution is 2.09. The number of hydrogen-bond donors (Lipinski definition) is 2. The molecule has 1 saturated heterocycles. The summed E-state index contributed by atoms with van der Waals surface area (Å²) in [7, 11) is 0. The highest BCUT2D eigenvalue weighted by Gasteiger charge is 2.18. The molecule has 1 aliphatic heterocycles. The second kappa shape index (κ2) is 5.12. The summed E-state index contributed by atoms with van der Waals surface area (Å²) in [5.41, 5.74) is 1.01. The number of likely N-dealkylation sites (tertiary alicyclic amines) is 1. The zero-order valence-electron chi connectivity index (χ0n) is 9.57. The molecule has 1 aliphatic rings. The molecule has 88 valence electrons. The molecule has 1 atom stereocenters. The first-order chi connectivity index (χ1) is 7.77. The predicted octanol–water partition coefficient (Wildman–Crippen LogP) is 0.683. The van der Waals surface area contributed by atoms with E-state index >= 15 is 0 Å². The van der Waals surface area contributed by atoms with E-state index in [4.69, 9.17) is 0 Å². The van der Waals surface area contributed by atoms with Crippen LogP contribution in [0.3, 0.4) is 0 Å². The van der Waals surface area contributed by atoms with E-state index in [0.29, 0.717) is 6.54 Å². The van der Waals surface area contributed by atoms with E-state index in [-0.39, 0.29) is 11.9 Å². The largest absolute Gasteiger partial charge is 0.342 e. The first kappa shape index (κ1) is 11.1. The summed E-state index contributed by atoms with van der Waals surface area (Å²) >= 11 is 0. The minimum absolute atomic E-state index is 0.133. The van der Waals surface area contributed by atoms with Crippen molar-refractivity contribution in [2.75, 3.05) is 19.6 Å². The molecule has 0 saturated carbocycles. The summed E-state index contributed by atoms with van der Waals surface area (Å²) in [6.07, 6.45) is 4.00. The number of nitrogens with one attached hydrogen (secondary N) is 2. The zero-order valence-corrected chi connectivity index (χ0v) is 9.57. The number of H-pyrrole nitrogens is 1. The van der Waals surface area contributed by atoms with Gasteiger partial charge in [-0.2, -0.15) is 5.10 Å². The Bertz CT molecular complexity index is 330. The SMILES string of the molecule is CC(NCC(=O)N1CCCC1)c1ccn[nH]1. The maximum atomic E-state index is 11.8. The Hall–Kier alpha value is -1.36. The molecule has 1 unspecified atom stereocenters. The third-order valence-electron chi connectivity index (χ3n) is 3.01. The molecular formula is C11H18N4O. The molecule has 1 aromatic rings. The minimum Gasteiger partial charge on any atom is -0.342 e. The van der Waals surface area contributed by atoms with E-state index < -0.39 is 0 Å². The van der Waals surface area contributed by atoms with Gasteiger partial charge in [-0.1, -0.05) is 0 Å². The smallest absolute Gasteiger partial charge is 0.236 e. The molecule has 5 heteroatoms. The topological polar surface area (TPSA) is 61.0 Å². The molecule has 0 spiro atoms. The molecule has 2 rings (SSSR count). The molecule has 0 aliphatic carbocycles. The Morgan fingerprint density at radius 3 is 3.00 bits per heavy atom. The van der Waals surface area contributed by atoms with Gasteiger partial charge in [-0.25, -0.2) is 0 Å². The van der Waals surface area contributed by atoms with Crippen LogP contribution in [-0.4, -0.2) is 40.6 Å². The van der Waals surface area contributed by atoms with Gasteiger partial charge in [-0.15, -0.1) is 0 Å². The third kappa shape index (κ3) is 2.61. The number of nitrogens with zero attached hydrogens (tertiary/aromatic N) is 2.